The van der Waals surface area contributed by atoms with E-state index in [1.807, 2.05) is 4.90 Å². The SMILES string of the molecule is CCN(CC)CC(=O)N(CC)Cc1c(C)cc(C)cc1C. The summed E-state index contributed by atoms with van der Waals surface area (Å²) >= 11 is 0. The number of amides is 1. The smallest absolute Gasteiger partial charge is 0.237 e. The normalized spacial score (nSPS) is 11.0. The summed E-state index contributed by atoms with van der Waals surface area (Å²) in [6, 6.07) is 4.40. The van der Waals surface area contributed by atoms with E-state index in [1.54, 1.807) is 0 Å². The van der Waals surface area contributed by atoms with E-state index >= 15 is 0 Å². The van der Waals surface area contributed by atoms with Crippen molar-refractivity contribution in [2.45, 2.75) is 48.1 Å². The molecule has 1 amide bonds. The van der Waals surface area contributed by atoms with Gasteiger partial charge in [-0.2, -0.15) is 0 Å². The van der Waals surface area contributed by atoms with Crippen molar-refractivity contribution >= 4 is 5.91 Å². The van der Waals surface area contributed by atoms with Crippen molar-refractivity contribution in [1.82, 2.24) is 9.80 Å². The first kappa shape index (κ1) is 17.7. The van der Waals surface area contributed by atoms with Crippen LogP contribution in [0.4, 0.5) is 0 Å². The molecular formula is C18H30N2O. The van der Waals surface area contributed by atoms with Crippen molar-refractivity contribution in [3.63, 3.8) is 0 Å². The third-order valence-electron chi connectivity index (χ3n) is 4.18. The van der Waals surface area contributed by atoms with Gasteiger partial charge in [-0.1, -0.05) is 31.5 Å². The van der Waals surface area contributed by atoms with Gasteiger partial charge in [0.05, 0.1) is 6.54 Å². The average molecular weight is 290 g/mol. The van der Waals surface area contributed by atoms with Gasteiger partial charge in [-0.15, -0.1) is 0 Å². The van der Waals surface area contributed by atoms with Crippen LogP contribution in [0.25, 0.3) is 0 Å². The second kappa shape index (κ2) is 8.18. The Balaban J connectivity index is 2.85. The molecule has 3 nitrogen and oxygen atoms in total. The molecule has 0 spiro atoms. The molecule has 0 aliphatic heterocycles. The van der Waals surface area contributed by atoms with Gasteiger partial charge in [-0.3, -0.25) is 9.69 Å². The third kappa shape index (κ3) is 4.85. The van der Waals surface area contributed by atoms with Crippen LogP contribution in [0.1, 0.15) is 43.0 Å². The Labute approximate surface area is 129 Å². The average Bonchev–Trinajstić information content (AvgIpc) is 2.43. The molecule has 1 aromatic carbocycles. The van der Waals surface area contributed by atoms with Crippen LogP contribution >= 0.6 is 0 Å². The highest BCUT2D eigenvalue weighted by Crippen LogP contribution is 2.18. The van der Waals surface area contributed by atoms with E-state index in [-0.39, 0.29) is 5.91 Å². The molecule has 0 heterocycles. The second-order valence-corrected chi connectivity index (χ2v) is 5.75. The molecule has 1 aromatic rings. The summed E-state index contributed by atoms with van der Waals surface area (Å²) in [4.78, 5) is 16.6. The highest BCUT2D eigenvalue weighted by molar-refractivity contribution is 5.78. The van der Waals surface area contributed by atoms with Crippen LogP contribution in [0.5, 0.6) is 0 Å². The van der Waals surface area contributed by atoms with Gasteiger partial charge >= 0.3 is 0 Å². The molecule has 21 heavy (non-hydrogen) atoms. The second-order valence-electron chi connectivity index (χ2n) is 5.75. The summed E-state index contributed by atoms with van der Waals surface area (Å²) in [6.07, 6.45) is 0. The van der Waals surface area contributed by atoms with Crippen molar-refractivity contribution in [2.75, 3.05) is 26.2 Å². The zero-order valence-electron chi connectivity index (χ0n) is 14.5. The van der Waals surface area contributed by atoms with Crippen LogP contribution in [0, 0.1) is 20.8 Å². The van der Waals surface area contributed by atoms with Crippen molar-refractivity contribution in [3.05, 3.63) is 34.4 Å². The maximum atomic E-state index is 12.5. The van der Waals surface area contributed by atoms with Crippen LogP contribution in [0.15, 0.2) is 12.1 Å². The van der Waals surface area contributed by atoms with Crippen molar-refractivity contribution in [1.29, 1.82) is 0 Å². The predicted octanol–water partition coefficient (Wildman–Crippen LogP) is 3.30. The first-order chi connectivity index (χ1) is 9.92. The zero-order valence-corrected chi connectivity index (χ0v) is 14.5. The Morgan fingerprint density at radius 1 is 0.952 bits per heavy atom. The number of hydrogen-bond donors (Lipinski definition) is 0. The van der Waals surface area contributed by atoms with Gasteiger partial charge in [-0.05, 0) is 57.5 Å². The molecule has 1 rings (SSSR count). The quantitative estimate of drug-likeness (QED) is 0.769. The highest BCUT2D eigenvalue weighted by Gasteiger charge is 2.16. The molecule has 0 aliphatic rings. The Morgan fingerprint density at radius 2 is 1.48 bits per heavy atom. The largest absolute Gasteiger partial charge is 0.338 e. The number of benzene rings is 1. The number of aryl methyl sites for hydroxylation is 3. The van der Waals surface area contributed by atoms with Gasteiger partial charge < -0.3 is 4.90 Å². The van der Waals surface area contributed by atoms with Crippen LogP contribution in [0.2, 0.25) is 0 Å². The monoisotopic (exact) mass is 290 g/mol. The van der Waals surface area contributed by atoms with Gasteiger partial charge in [0, 0.05) is 13.1 Å². The Kier molecular flexibility index (Phi) is 6.90. The molecule has 0 aliphatic carbocycles. The maximum absolute atomic E-state index is 12.5. The van der Waals surface area contributed by atoms with Crippen LogP contribution in [0.3, 0.4) is 0 Å². The van der Waals surface area contributed by atoms with E-state index in [1.165, 1.54) is 22.3 Å². The Bertz CT molecular complexity index is 455. The van der Waals surface area contributed by atoms with E-state index in [0.29, 0.717) is 13.1 Å². The van der Waals surface area contributed by atoms with Crippen molar-refractivity contribution < 1.29 is 4.79 Å². The number of nitrogens with zero attached hydrogens (tertiary/aromatic N) is 2. The fourth-order valence-electron chi connectivity index (χ4n) is 2.77. The fourth-order valence-corrected chi connectivity index (χ4v) is 2.77. The standard InChI is InChI=1S/C18H30N2O/c1-7-19(8-2)13-18(21)20(9-3)12-17-15(5)10-14(4)11-16(17)6/h10-11H,7-9,12-13H2,1-6H3. The Morgan fingerprint density at radius 3 is 1.90 bits per heavy atom. The molecule has 0 unspecified atom stereocenters. The molecular weight excluding hydrogens is 260 g/mol. The van der Waals surface area contributed by atoms with Crippen molar-refractivity contribution in [2.24, 2.45) is 0 Å². The predicted molar refractivity (Wildman–Crippen MR) is 89.5 cm³/mol. The highest BCUT2D eigenvalue weighted by atomic mass is 16.2. The molecule has 118 valence electrons. The van der Waals surface area contributed by atoms with Crippen LogP contribution in [-0.4, -0.2) is 41.9 Å². The molecule has 0 atom stereocenters. The summed E-state index contributed by atoms with van der Waals surface area (Å²) in [5.41, 5.74) is 5.13. The van der Waals surface area contributed by atoms with E-state index in [2.05, 4.69) is 58.6 Å². The number of carbonyl (C=O) groups excluding carboxylic acids is 1. The first-order valence-electron chi connectivity index (χ1n) is 7.99. The maximum Gasteiger partial charge on any atom is 0.237 e. The van der Waals surface area contributed by atoms with Gasteiger partial charge in [0.1, 0.15) is 0 Å². The molecule has 3 heteroatoms. The van der Waals surface area contributed by atoms with E-state index in [9.17, 15) is 4.79 Å². The molecule has 0 bridgehead atoms. The summed E-state index contributed by atoms with van der Waals surface area (Å²) in [6.45, 7) is 16.5. The van der Waals surface area contributed by atoms with Gasteiger partial charge in [-0.25, -0.2) is 0 Å². The fraction of sp³-hybridized carbons (Fsp3) is 0.611. The number of hydrogen-bond acceptors (Lipinski definition) is 2. The lowest BCUT2D eigenvalue weighted by molar-refractivity contribution is -0.132. The van der Waals surface area contributed by atoms with Gasteiger partial charge in [0.25, 0.3) is 0 Å². The summed E-state index contributed by atoms with van der Waals surface area (Å²) in [5, 5.41) is 0. The number of carbonyl (C=O) groups is 1. The minimum absolute atomic E-state index is 0.223. The Hall–Kier alpha value is -1.35. The molecule has 0 saturated carbocycles. The molecule has 0 N–H and O–H groups in total. The third-order valence-corrected chi connectivity index (χ3v) is 4.18. The zero-order chi connectivity index (χ0) is 16.0. The summed E-state index contributed by atoms with van der Waals surface area (Å²) in [5.74, 6) is 0.223. The molecule has 0 radical (unpaired) electrons. The van der Waals surface area contributed by atoms with E-state index in [4.69, 9.17) is 0 Å². The lowest BCUT2D eigenvalue weighted by atomic mass is 9.99. The van der Waals surface area contributed by atoms with Crippen molar-refractivity contribution in [3.8, 4) is 0 Å². The first-order valence-corrected chi connectivity index (χ1v) is 7.99. The van der Waals surface area contributed by atoms with E-state index < -0.39 is 0 Å². The minimum atomic E-state index is 0.223. The van der Waals surface area contributed by atoms with Gasteiger partial charge in [0.2, 0.25) is 5.91 Å². The topological polar surface area (TPSA) is 23.6 Å². The molecule has 0 aromatic heterocycles. The molecule has 0 saturated heterocycles. The number of likely N-dealkylation sites (N-methyl/N-ethyl adjacent to an activating group) is 2. The van der Waals surface area contributed by atoms with E-state index in [0.717, 1.165) is 19.6 Å². The minimum Gasteiger partial charge on any atom is -0.338 e. The van der Waals surface area contributed by atoms with Crippen LogP contribution < -0.4 is 0 Å². The lowest BCUT2D eigenvalue weighted by Crippen LogP contribution is -2.40. The van der Waals surface area contributed by atoms with Crippen LogP contribution in [-0.2, 0) is 11.3 Å². The van der Waals surface area contributed by atoms with Gasteiger partial charge in [0.15, 0.2) is 0 Å². The summed E-state index contributed by atoms with van der Waals surface area (Å²) in [7, 11) is 0. The molecule has 0 fully saturated rings. The summed E-state index contributed by atoms with van der Waals surface area (Å²) < 4.78 is 0. The number of rotatable bonds is 7. The lowest BCUT2D eigenvalue weighted by Gasteiger charge is -2.26.